The minimum atomic E-state index is -0.0773. The molecular formula is C15H19Cl2N3OS. The van der Waals surface area contributed by atoms with Crippen molar-refractivity contribution in [3.63, 3.8) is 0 Å². The molecule has 3 rings (SSSR count). The third-order valence-corrected chi connectivity index (χ3v) is 4.34. The molecule has 1 saturated heterocycles. The van der Waals surface area contributed by atoms with Gasteiger partial charge in [0.25, 0.3) is 5.91 Å². The highest BCUT2D eigenvalue weighted by molar-refractivity contribution is 7.13. The fourth-order valence-electron chi connectivity index (χ4n) is 2.03. The summed E-state index contributed by atoms with van der Waals surface area (Å²) >= 11 is 1.51. The molecular weight excluding hydrogens is 341 g/mol. The van der Waals surface area contributed by atoms with Crippen molar-refractivity contribution in [1.82, 2.24) is 15.6 Å². The first-order valence-electron chi connectivity index (χ1n) is 6.74. The van der Waals surface area contributed by atoms with E-state index in [0.29, 0.717) is 11.6 Å². The predicted octanol–water partition coefficient (Wildman–Crippen LogP) is 2.91. The highest BCUT2D eigenvalue weighted by Crippen LogP contribution is 2.23. The van der Waals surface area contributed by atoms with Gasteiger partial charge in [-0.25, -0.2) is 4.98 Å². The van der Waals surface area contributed by atoms with Crippen molar-refractivity contribution in [2.24, 2.45) is 5.92 Å². The second-order valence-corrected chi connectivity index (χ2v) is 6.00. The lowest BCUT2D eigenvalue weighted by Crippen LogP contribution is -2.48. The Morgan fingerprint density at radius 2 is 2.00 bits per heavy atom. The quantitative estimate of drug-likeness (QED) is 0.882. The highest BCUT2D eigenvalue weighted by atomic mass is 35.5. The van der Waals surface area contributed by atoms with Crippen LogP contribution in [0.15, 0.2) is 29.6 Å². The molecule has 1 aliphatic rings. The monoisotopic (exact) mass is 359 g/mol. The molecule has 0 saturated carbocycles. The van der Waals surface area contributed by atoms with Gasteiger partial charge in [-0.05, 0) is 6.92 Å². The summed E-state index contributed by atoms with van der Waals surface area (Å²) in [6.45, 7) is 4.76. The number of hydrogen-bond acceptors (Lipinski definition) is 4. The molecule has 120 valence electrons. The first-order valence-corrected chi connectivity index (χ1v) is 7.62. The van der Waals surface area contributed by atoms with Crippen LogP contribution in [0.3, 0.4) is 0 Å². The van der Waals surface area contributed by atoms with Gasteiger partial charge in [0.2, 0.25) is 0 Å². The number of aryl methyl sites for hydroxylation is 1. The minimum absolute atomic E-state index is 0. The summed E-state index contributed by atoms with van der Waals surface area (Å²) in [6.07, 6.45) is 0. The zero-order chi connectivity index (χ0) is 13.9. The molecule has 2 N–H and O–H groups in total. The summed E-state index contributed by atoms with van der Waals surface area (Å²) in [5.41, 5.74) is 2.79. The smallest absolute Gasteiger partial charge is 0.270 e. The number of rotatable bonds is 4. The summed E-state index contributed by atoms with van der Waals surface area (Å²) in [4.78, 5) is 16.4. The van der Waals surface area contributed by atoms with Gasteiger partial charge in [-0.2, -0.15) is 0 Å². The molecule has 2 aromatic rings. The maximum absolute atomic E-state index is 12.0. The average Bonchev–Trinajstić information content (AvgIpc) is 2.87. The van der Waals surface area contributed by atoms with Crippen LogP contribution < -0.4 is 10.6 Å². The maximum atomic E-state index is 12.0. The third kappa shape index (κ3) is 4.43. The predicted molar refractivity (Wildman–Crippen MR) is 95.5 cm³/mol. The van der Waals surface area contributed by atoms with Gasteiger partial charge >= 0.3 is 0 Å². The molecule has 22 heavy (non-hydrogen) atoms. The lowest BCUT2D eigenvalue weighted by molar-refractivity contribution is 0.0938. The Morgan fingerprint density at radius 3 is 2.59 bits per heavy atom. The van der Waals surface area contributed by atoms with Crippen molar-refractivity contribution in [3.8, 4) is 10.6 Å². The van der Waals surface area contributed by atoms with E-state index in [0.717, 1.165) is 30.2 Å². The molecule has 2 heterocycles. The SMILES string of the molecule is Cc1ccc(-c2nc(C(=O)NCC3CNC3)cs2)cc1.Cl.Cl. The van der Waals surface area contributed by atoms with Gasteiger partial charge in [0, 0.05) is 36.5 Å². The molecule has 1 aliphatic heterocycles. The molecule has 0 aliphatic carbocycles. The summed E-state index contributed by atoms with van der Waals surface area (Å²) in [7, 11) is 0. The molecule has 0 spiro atoms. The van der Waals surface area contributed by atoms with E-state index in [-0.39, 0.29) is 30.7 Å². The number of nitrogens with one attached hydrogen (secondary N) is 2. The fourth-order valence-corrected chi connectivity index (χ4v) is 2.83. The van der Waals surface area contributed by atoms with Gasteiger partial charge in [-0.1, -0.05) is 29.8 Å². The van der Waals surface area contributed by atoms with E-state index in [9.17, 15) is 4.79 Å². The normalized spacial score (nSPS) is 13.5. The second-order valence-electron chi connectivity index (χ2n) is 5.14. The molecule has 1 aromatic heterocycles. The van der Waals surface area contributed by atoms with Crippen LogP contribution in [0, 0.1) is 12.8 Å². The van der Waals surface area contributed by atoms with Crippen molar-refractivity contribution < 1.29 is 4.79 Å². The van der Waals surface area contributed by atoms with Crippen molar-refractivity contribution >= 4 is 42.1 Å². The van der Waals surface area contributed by atoms with Crippen LogP contribution in [-0.2, 0) is 0 Å². The Labute approximate surface area is 146 Å². The van der Waals surface area contributed by atoms with E-state index in [1.807, 2.05) is 17.5 Å². The van der Waals surface area contributed by atoms with E-state index < -0.39 is 0 Å². The molecule has 1 amide bonds. The van der Waals surface area contributed by atoms with Crippen LogP contribution in [0.25, 0.3) is 10.6 Å². The lowest BCUT2D eigenvalue weighted by atomic mass is 10.0. The number of benzene rings is 1. The van der Waals surface area contributed by atoms with Crippen molar-refractivity contribution in [2.45, 2.75) is 6.92 Å². The van der Waals surface area contributed by atoms with Gasteiger partial charge in [0.15, 0.2) is 0 Å². The molecule has 0 atom stereocenters. The van der Waals surface area contributed by atoms with Crippen molar-refractivity contribution in [3.05, 3.63) is 40.9 Å². The Balaban J connectivity index is 0.00000121. The van der Waals surface area contributed by atoms with E-state index in [1.54, 1.807) is 0 Å². The Bertz CT molecular complexity index is 612. The van der Waals surface area contributed by atoms with E-state index >= 15 is 0 Å². The Kier molecular flexibility index (Phi) is 7.29. The first kappa shape index (κ1) is 18.9. The largest absolute Gasteiger partial charge is 0.350 e. The summed E-state index contributed by atoms with van der Waals surface area (Å²) < 4.78 is 0. The second kappa shape index (κ2) is 8.48. The van der Waals surface area contributed by atoms with Gasteiger partial charge in [0.1, 0.15) is 10.7 Å². The number of hydrogen-bond donors (Lipinski definition) is 2. The molecule has 0 unspecified atom stereocenters. The molecule has 1 aromatic carbocycles. The zero-order valence-corrected chi connectivity index (χ0v) is 14.6. The molecule has 1 fully saturated rings. The van der Waals surface area contributed by atoms with E-state index in [1.165, 1.54) is 16.9 Å². The van der Waals surface area contributed by atoms with E-state index in [2.05, 4.69) is 34.7 Å². The Morgan fingerprint density at radius 1 is 1.32 bits per heavy atom. The van der Waals surface area contributed by atoms with Gasteiger partial charge in [0.05, 0.1) is 0 Å². The number of nitrogens with zero attached hydrogens (tertiary/aromatic N) is 1. The molecule has 0 bridgehead atoms. The molecule has 4 nitrogen and oxygen atoms in total. The third-order valence-electron chi connectivity index (χ3n) is 3.45. The number of halogens is 2. The summed E-state index contributed by atoms with van der Waals surface area (Å²) in [5.74, 6) is 0.487. The number of aromatic nitrogens is 1. The maximum Gasteiger partial charge on any atom is 0.270 e. The summed E-state index contributed by atoms with van der Waals surface area (Å²) in [5, 5.41) is 8.84. The van der Waals surface area contributed by atoms with Gasteiger partial charge in [-0.3, -0.25) is 4.79 Å². The minimum Gasteiger partial charge on any atom is -0.350 e. The molecule has 0 radical (unpaired) electrons. The average molecular weight is 360 g/mol. The van der Waals surface area contributed by atoms with Crippen LogP contribution in [0.5, 0.6) is 0 Å². The van der Waals surface area contributed by atoms with Gasteiger partial charge < -0.3 is 10.6 Å². The fraction of sp³-hybridized carbons (Fsp3) is 0.333. The lowest BCUT2D eigenvalue weighted by Gasteiger charge is -2.26. The number of carbonyl (C=O) groups is 1. The molecule has 7 heteroatoms. The topological polar surface area (TPSA) is 54.0 Å². The van der Waals surface area contributed by atoms with Crippen LogP contribution in [0.2, 0.25) is 0 Å². The Hall–Kier alpha value is -1.14. The summed E-state index contributed by atoms with van der Waals surface area (Å²) in [6, 6.07) is 8.19. The van der Waals surface area contributed by atoms with Crippen molar-refractivity contribution in [1.29, 1.82) is 0 Å². The number of thiazole rings is 1. The zero-order valence-electron chi connectivity index (χ0n) is 12.2. The standard InChI is InChI=1S/C15H17N3OS.2ClH/c1-10-2-4-12(5-3-10)15-18-13(9-20-15)14(19)17-8-11-6-16-7-11;;/h2-5,9,11,16H,6-8H2,1H3,(H,17,19);2*1H. The number of amides is 1. The van der Waals surface area contributed by atoms with Crippen LogP contribution >= 0.6 is 36.2 Å². The van der Waals surface area contributed by atoms with Crippen molar-refractivity contribution in [2.75, 3.05) is 19.6 Å². The van der Waals surface area contributed by atoms with E-state index in [4.69, 9.17) is 0 Å². The van der Waals surface area contributed by atoms with Gasteiger partial charge in [-0.15, -0.1) is 36.2 Å². The van der Waals surface area contributed by atoms with Crippen LogP contribution in [0.1, 0.15) is 16.1 Å². The first-order chi connectivity index (χ1) is 9.72. The van der Waals surface area contributed by atoms with Crippen LogP contribution in [0.4, 0.5) is 0 Å². The van der Waals surface area contributed by atoms with Crippen LogP contribution in [-0.4, -0.2) is 30.5 Å². The number of carbonyl (C=O) groups excluding carboxylic acids is 1. The highest BCUT2D eigenvalue weighted by Gasteiger charge is 2.18.